The van der Waals surface area contributed by atoms with Crippen molar-refractivity contribution < 1.29 is 9.53 Å². The van der Waals surface area contributed by atoms with Crippen molar-refractivity contribution in [1.82, 2.24) is 15.1 Å². The molecule has 1 aromatic rings. The van der Waals surface area contributed by atoms with Gasteiger partial charge in [0.25, 0.3) is 0 Å². The van der Waals surface area contributed by atoms with Crippen LogP contribution in [0.2, 0.25) is 10.0 Å². The summed E-state index contributed by atoms with van der Waals surface area (Å²) in [6.45, 7) is 2.09. The number of likely N-dealkylation sites (tertiary alicyclic amines) is 1. The molecule has 1 saturated heterocycles. The lowest BCUT2D eigenvalue weighted by molar-refractivity contribution is 0.142. The fourth-order valence-electron chi connectivity index (χ4n) is 2.44. The summed E-state index contributed by atoms with van der Waals surface area (Å²) < 4.78 is 5.46. The Morgan fingerprint density at radius 1 is 1.41 bits per heavy atom. The number of benzene rings is 1. The summed E-state index contributed by atoms with van der Waals surface area (Å²) >= 11 is 11.8. The molecule has 5 nitrogen and oxygen atoms in total. The van der Waals surface area contributed by atoms with E-state index in [2.05, 4.69) is 17.3 Å². The summed E-state index contributed by atoms with van der Waals surface area (Å²) in [5, 5.41) is 3.71. The smallest absolute Gasteiger partial charge is 0.319 e. The van der Waals surface area contributed by atoms with Crippen LogP contribution >= 0.6 is 23.2 Å². The van der Waals surface area contributed by atoms with Crippen LogP contribution in [-0.4, -0.2) is 55.8 Å². The molecule has 2 amide bonds. The van der Waals surface area contributed by atoms with Crippen molar-refractivity contribution in [3.8, 4) is 5.75 Å². The maximum atomic E-state index is 12.1. The lowest BCUT2D eigenvalue weighted by Gasteiger charge is -2.35. The topological polar surface area (TPSA) is 44.8 Å². The average molecular weight is 346 g/mol. The van der Waals surface area contributed by atoms with E-state index in [4.69, 9.17) is 27.9 Å². The van der Waals surface area contributed by atoms with E-state index in [0.717, 1.165) is 25.9 Å². The van der Waals surface area contributed by atoms with Gasteiger partial charge in [-0.25, -0.2) is 4.79 Å². The van der Waals surface area contributed by atoms with Crippen LogP contribution in [-0.2, 0) is 0 Å². The maximum Gasteiger partial charge on any atom is 0.319 e. The molecule has 1 heterocycles. The molecule has 7 heteroatoms. The first-order chi connectivity index (χ1) is 10.5. The molecule has 1 aliphatic rings. The predicted octanol–water partition coefficient (Wildman–Crippen LogP) is 3.07. The monoisotopic (exact) mass is 345 g/mol. The zero-order chi connectivity index (χ0) is 16.1. The summed E-state index contributed by atoms with van der Waals surface area (Å²) in [5.41, 5.74) is 0. The quantitative estimate of drug-likeness (QED) is 0.853. The second-order valence-electron chi connectivity index (χ2n) is 5.49. The number of nitrogens with zero attached hydrogens (tertiary/aromatic N) is 2. The molecular weight excluding hydrogens is 325 g/mol. The first-order valence-corrected chi connectivity index (χ1v) is 8.00. The van der Waals surface area contributed by atoms with Crippen LogP contribution in [0.1, 0.15) is 12.8 Å². The number of hydrogen-bond acceptors (Lipinski definition) is 3. The highest BCUT2D eigenvalue weighted by atomic mass is 35.5. The maximum absolute atomic E-state index is 12.1. The lowest BCUT2D eigenvalue weighted by Crippen LogP contribution is -2.48. The molecule has 0 bridgehead atoms. The summed E-state index contributed by atoms with van der Waals surface area (Å²) in [5.74, 6) is 0.494. The largest absolute Gasteiger partial charge is 0.472 e. The second-order valence-corrected chi connectivity index (χ2v) is 6.33. The van der Waals surface area contributed by atoms with Crippen molar-refractivity contribution in [3.63, 3.8) is 0 Å². The molecule has 0 saturated carbocycles. The van der Waals surface area contributed by atoms with Gasteiger partial charge in [0.05, 0.1) is 5.02 Å². The molecule has 0 radical (unpaired) electrons. The van der Waals surface area contributed by atoms with Gasteiger partial charge < -0.3 is 19.9 Å². The Labute approximate surface area is 141 Å². The van der Waals surface area contributed by atoms with E-state index in [-0.39, 0.29) is 18.8 Å². The predicted molar refractivity (Wildman–Crippen MR) is 88.8 cm³/mol. The fourth-order valence-corrected chi connectivity index (χ4v) is 2.90. The molecule has 22 heavy (non-hydrogen) atoms. The highest BCUT2D eigenvalue weighted by molar-refractivity contribution is 6.35. The van der Waals surface area contributed by atoms with Gasteiger partial charge in [-0.05, 0) is 51.2 Å². The number of urea groups is 1. The summed E-state index contributed by atoms with van der Waals surface area (Å²) in [4.78, 5) is 16.1. The van der Waals surface area contributed by atoms with Gasteiger partial charge in [-0.1, -0.05) is 23.2 Å². The molecule has 1 N–H and O–H groups in total. The third-order valence-corrected chi connectivity index (χ3v) is 4.43. The Kier molecular flexibility index (Phi) is 6.17. The minimum atomic E-state index is -0.139. The lowest BCUT2D eigenvalue weighted by atomic mass is 10.0. The molecule has 122 valence electrons. The number of rotatable bonds is 4. The zero-order valence-corrected chi connectivity index (χ0v) is 14.3. The van der Waals surface area contributed by atoms with Crippen LogP contribution in [0.25, 0.3) is 0 Å². The molecular formula is C15H21Cl2N3O2. The van der Waals surface area contributed by atoms with Crippen LogP contribution in [0.3, 0.4) is 0 Å². The number of halogens is 2. The minimum Gasteiger partial charge on any atom is -0.472 e. The van der Waals surface area contributed by atoms with Crippen molar-refractivity contribution in [2.24, 2.45) is 0 Å². The van der Waals surface area contributed by atoms with Gasteiger partial charge in [0.15, 0.2) is 6.73 Å². The molecule has 0 aliphatic carbocycles. The van der Waals surface area contributed by atoms with Gasteiger partial charge >= 0.3 is 6.03 Å². The molecule has 1 fully saturated rings. The van der Waals surface area contributed by atoms with Gasteiger partial charge in [0.1, 0.15) is 5.75 Å². The van der Waals surface area contributed by atoms with Crippen molar-refractivity contribution in [1.29, 1.82) is 0 Å². The number of carbonyl (C=O) groups is 1. The first kappa shape index (κ1) is 17.2. The Morgan fingerprint density at radius 3 is 2.73 bits per heavy atom. The Balaban J connectivity index is 1.77. The molecule has 1 aliphatic heterocycles. The van der Waals surface area contributed by atoms with E-state index in [1.54, 1.807) is 23.1 Å². The van der Waals surface area contributed by atoms with E-state index in [1.807, 2.05) is 7.05 Å². The zero-order valence-electron chi connectivity index (χ0n) is 12.8. The molecule has 0 aromatic heterocycles. The van der Waals surface area contributed by atoms with E-state index in [1.165, 1.54) is 0 Å². The molecule has 0 atom stereocenters. The standard InChI is InChI=1S/C15H21Cl2N3O2/c1-19-7-5-12(6-8-19)20(2)15(21)18-10-22-14-4-3-11(16)9-13(14)17/h3-4,9,12H,5-8,10H2,1-2H3,(H,18,21). The van der Waals surface area contributed by atoms with Gasteiger partial charge in [-0.2, -0.15) is 0 Å². The summed E-state index contributed by atoms with van der Waals surface area (Å²) in [7, 11) is 3.92. The van der Waals surface area contributed by atoms with Crippen molar-refractivity contribution in [2.45, 2.75) is 18.9 Å². The Hall–Kier alpha value is -1.17. The van der Waals surface area contributed by atoms with Crippen molar-refractivity contribution in [3.05, 3.63) is 28.2 Å². The van der Waals surface area contributed by atoms with Crippen LogP contribution in [0.15, 0.2) is 18.2 Å². The molecule has 0 spiro atoms. The van der Waals surface area contributed by atoms with Gasteiger partial charge in [-0.3, -0.25) is 0 Å². The van der Waals surface area contributed by atoms with E-state index in [9.17, 15) is 4.79 Å². The van der Waals surface area contributed by atoms with Crippen LogP contribution < -0.4 is 10.1 Å². The Morgan fingerprint density at radius 2 is 2.09 bits per heavy atom. The number of nitrogens with one attached hydrogen (secondary N) is 1. The number of amides is 2. The number of ether oxygens (including phenoxy) is 1. The Bertz CT molecular complexity index is 520. The fraction of sp³-hybridized carbons (Fsp3) is 0.533. The number of piperidine rings is 1. The molecule has 0 unspecified atom stereocenters. The molecule has 1 aromatic carbocycles. The third kappa shape index (κ3) is 4.66. The highest BCUT2D eigenvalue weighted by Gasteiger charge is 2.23. The van der Waals surface area contributed by atoms with Gasteiger partial charge in [0.2, 0.25) is 0 Å². The van der Waals surface area contributed by atoms with E-state index >= 15 is 0 Å². The first-order valence-electron chi connectivity index (χ1n) is 7.24. The second kappa shape index (κ2) is 7.90. The van der Waals surface area contributed by atoms with Crippen molar-refractivity contribution >= 4 is 29.2 Å². The normalized spacial score (nSPS) is 16.4. The average Bonchev–Trinajstić information content (AvgIpc) is 2.49. The van der Waals surface area contributed by atoms with Crippen molar-refractivity contribution in [2.75, 3.05) is 33.9 Å². The van der Waals surface area contributed by atoms with Crippen LogP contribution in [0.4, 0.5) is 4.79 Å². The summed E-state index contributed by atoms with van der Waals surface area (Å²) in [6, 6.07) is 5.10. The van der Waals surface area contributed by atoms with E-state index < -0.39 is 0 Å². The van der Waals surface area contributed by atoms with E-state index in [0.29, 0.717) is 15.8 Å². The highest BCUT2D eigenvalue weighted by Crippen LogP contribution is 2.27. The van der Waals surface area contributed by atoms with Gasteiger partial charge in [-0.15, -0.1) is 0 Å². The van der Waals surface area contributed by atoms with Crippen LogP contribution in [0, 0.1) is 0 Å². The van der Waals surface area contributed by atoms with Gasteiger partial charge in [0, 0.05) is 18.1 Å². The SMILES string of the molecule is CN1CCC(N(C)C(=O)NCOc2ccc(Cl)cc2Cl)CC1. The van der Waals surface area contributed by atoms with Crippen LogP contribution in [0.5, 0.6) is 5.75 Å². The summed E-state index contributed by atoms with van der Waals surface area (Å²) in [6.07, 6.45) is 1.98. The third-order valence-electron chi connectivity index (χ3n) is 3.90. The minimum absolute atomic E-state index is 0.0666. The molecule has 2 rings (SSSR count). The number of hydrogen-bond donors (Lipinski definition) is 1. The number of carbonyl (C=O) groups excluding carboxylic acids is 1.